The molecule has 0 bridgehead atoms. The van der Waals surface area contributed by atoms with Gasteiger partial charge in [0.2, 0.25) is 0 Å². The van der Waals surface area contributed by atoms with E-state index in [-0.39, 0.29) is 4.90 Å². The zero-order valence-corrected chi connectivity index (χ0v) is 8.46. The molecular weight excluding hydrogens is 228 g/mol. The van der Waals surface area contributed by atoms with Crippen LogP contribution in [0.3, 0.4) is 0 Å². The molecular formula is C8H7F2NO3S. The third-order valence-corrected chi connectivity index (χ3v) is 2.74. The van der Waals surface area contributed by atoms with Crippen molar-refractivity contribution in [1.82, 2.24) is 0 Å². The maximum atomic E-state index is 12.5. The first-order valence-electron chi connectivity index (χ1n) is 3.83. The van der Waals surface area contributed by atoms with E-state index in [1.165, 1.54) is 6.26 Å². The third kappa shape index (κ3) is 2.63. The van der Waals surface area contributed by atoms with Crippen molar-refractivity contribution in [2.24, 2.45) is 0 Å². The predicted molar refractivity (Wildman–Crippen MR) is 50.4 cm³/mol. The Bertz CT molecular complexity index is 384. The summed E-state index contributed by atoms with van der Waals surface area (Å²) in [5, 5.41) is 10.3. The van der Waals surface area contributed by atoms with Gasteiger partial charge in [0.1, 0.15) is 6.26 Å². The predicted octanol–water partition coefficient (Wildman–Crippen LogP) is 2.27. The lowest BCUT2D eigenvalue weighted by atomic mass is 10.2. The smallest absolute Gasteiger partial charge is 0.270 e. The number of hydrogen-bond acceptors (Lipinski definition) is 3. The Labute approximate surface area is 87.2 Å². The van der Waals surface area contributed by atoms with Crippen molar-refractivity contribution < 1.29 is 18.3 Å². The van der Waals surface area contributed by atoms with Crippen LogP contribution in [-0.4, -0.2) is 15.7 Å². The molecule has 0 aliphatic carbocycles. The van der Waals surface area contributed by atoms with Gasteiger partial charge < -0.3 is 4.55 Å². The van der Waals surface area contributed by atoms with Gasteiger partial charge in [-0.3, -0.25) is 10.1 Å². The van der Waals surface area contributed by atoms with E-state index in [9.17, 15) is 23.4 Å². The second-order valence-electron chi connectivity index (χ2n) is 2.73. The standard InChI is InChI=1S/C8H7F2NO3S/c1-15(14)7-3-2-5(11(12)13)4-6(7)8(9)10/h2-4,8H,1H3. The third-order valence-electron chi connectivity index (χ3n) is 1.75. The Morgan fingerprint density at radius 2 is 2.07 bits per heavy atom. The Morgan fingerprint density at radius 3 is 2.47 bits per heavy atom. The monoisotopic (exact) mass is 235 g/mol. The number of benzene rings is 1. The van der Waals surface area contributed by atoms with Crippen molar-refractivity contribution >= 4 is 16.9 Å². The highest BCUT2D eigenvalue weighted by molar-refractivity contribution is 7.90. The molecule has 0 saturated carbocycles. The molecule has 0 aliphatic heterocycles. The van der Waals surface area contributed by atoms with Crippen molar-refractivity contribution in [2.75, 3.05) is 6.26 Å². The van der Waals surface area contributed by atoms with Crippen LogP contribution in [0.2, 0.25) is 0 Å². The molecule has 82 valence electrons. The highest BCUT2D eigenvalue weighted by atomic mass is 32.2. The fourth-order valence-corrected chi connectivity index (χ4v) is 1.82. The van der Waals surface area contributed by atoms with Crippen LogP contribution >= 0.6 is 0 Å². The van der Waals surface area contributed by atoms with E-state index in [1.54, 1.807) is 0 Å². The molecule has 7 heteroatoms. The SMILES string of the molecule is C[S+]([O-])c1ccc([N+](=O)[O-])cc1C(F)F. The summed E-state index contributed by atoms with van der Waals surface area (Å²) in [7, 11) is 0. The van der Waals surface area contributed by atoms with Gasteiger partial charge in [-0.05, 0) is 11.2 Å². The quantitative estimate of drug-likeness (QED) is 0.458. The van der Waals surface area contributed by atoms with Crippen LogP contribution in [0.4, 0.5) is 14.5 Å². The molecule has 15 heavy (non-hydrogen) atoms. The topological polar surface area (TPSA) is 66.2 Å². The molecule has 0 radical (unpaired) electrons. The molecule has 1 unspecified atom stereocenters. The summed E-state index contributed by atoms with van der Waals surface area (Å²) < 4.78 is 36.0. The summed E-state index contributed by atoms with van der Waals surface area (Å²) in [5.41, 5.74) is -0.982. The number of nitro groups is 1. The normalized spacial score (nSPS) is 12.9. The fourth-order valence-electron chi connectivity index (χ4n) is 1.08. The second-order valence-corrected chi connectivity index (χ2v) is 4.08. The first kappa shape index (κ1) is 11.9. The van der Waals surface area contributed by atoms with E-state index in [4.69, 9.17) is 0 Å². The summed E-state index contributed by atoms with van der Waals surface area (Å²) >= 11 is -1.59. The molecule has 0 heterocycles. The Morgan fingerprint density at radius 1 is 1.47 bits per heavy atom. The maximum absolute atomic E-state index is 12.5. The van der Waals surface area contributed by atoms with Gasteiger partial charge in [0.15, 0.2) is 4.90 Å². The summed E-state index contributed by atoms with van der Waals surface area (Å²) in [6, 6.07) is 2.90. The van der Waals surface area contributed by atoms with Crippen LogP contribution in [-0.2, 0) is 11.2 Å². The lowest BCUT2D eigenvalue weighted by molar-refractivity contribution is -0.385. The molecule has 0 fully saturated rings. The van der Waals surface area contributed by atoms with Crippen molar-refractivity contribution in [3.8, 4) is 0 Å². The first-order chi connectivity index (χ1) is 6.93. The van der Waals surface area contributed by atoms with Gasteiger partial charge >= 0.3 is 0 Å². The van der Waals surface area contributed by atoms with E-state index in [1.807, 2.05) is 0 Å². The van der Waals surface area contributed by atoms with Crippen molar-refractivity contribution in [1.29, 1.82) is 0 Å². The Kier molecular flexibility index (Phi) is 3.59. The van der Waals surface area contributed by atoms with Crippen LogP contribution in [0, 0.1) is 10.1 Å². The van der Waals surface area contributed by atoms with Crippen molar-refractivity contribution in [3.05, 3.63) is 33.9 Å². The van der Waals surface area contributed by atoms with Gasteiger partial charge in [-0.15, -0.1) is 0 Å². The lowest BCUT2D eigenvalue weighted by Gasteiger charge is -2.08. The minimum Gasteiger partial charge on any atom is -0.612 e. The second kappa shape index (κ2) is 4.54. The van der Waals surface area contributed by atoms with E-state index in [2.05, 4.69) is 0 Å². The van der Waals surface area contributed by atoms with Gasteiger partial charge in [-0.1, -0.05) is 0 Å². The van der Waals surface area contributed by atoms with Gasteiger partial charge in [0, 0.05) is 18.2 Å². The van der Waals surface area contributed by atoms with Gasteiger partial charge in [0.25, 0.3) is 12.1 Å². The zero-order chi connectivity index (χ0) is 11.6. The molecule has 0 saturated heterocycles. The van der Waals surface area contributed by atoms with Gasteiger partial charge in [-0.2, -0.15) is 0 Å². The van der Waals surface area contributed by atoms with Crippen molar-refractivity contribution in [2.45, 2.75) is 11.3 Å². The van der Waals surface area contributed by atoms with Gasteiger partial charge in [-0.25, -0.2) is 8.78 Å². The molecule has 0 N–H and O–H groups in total. The number of halogens is 2. The molecule has 1 aromatic rings. The molecule has 0 aliphatic rings. The maximum Gasteiger partial charge on any atom is 0.270 e. The number of rotatable bonds is 3. The largest absolute Gasteiger partial charge is 0.612 e. The van der Waals surface area contributed by atoms with Crippen LogP contribution in [0.25, 0.3) is 0 Å². The van der Waals surface area contributed by atoms with Crippen LogP contribution in [0.5, 0.6) is 0 Å². The van der Waals surface area contributed by atoms with Crippen LogP contribution in [0.1, 0.15) is 12.0 Å². The van der Waals surface area contributed by atoms with Crippen molar-refractivity contribution in [3.63, 3.8) is 0 Å². The average Bonchev–Trinajstić information content (AvgIpc) is 2.16. The van der Waals surface area contributed by atoms with E-state index in [0.717, 1.165) is 18.2 Å². The van der Waals surface area contributed by atoms with Gasteiger partial charge in [0.05, 0.1) is 10.5 Å². The Balaban J connectivity index is 3.27. The number of non-ortho nitro benzene ring substituents is 1. The number of nitro benzene ring substituents is 1. The number of alkyl halides is 2. The fraction of sp³-hybridized carbons (Fsp3) is 0.250. The minimum absolute atomic E-state index is 0.0735. The molecule has 0 aromatic heterocycles. The molecule has 1 atom stereocenters. The molecule has 4 nitrogen and oxygen atoms in total. The summed E-state index contributed by atoms with van der Waals surface area (Å²) in [6.07, 6.45) is -1.63. The highest BCUT2D eigenvalue weighted by Crippen LogP contribution is 2.29. The minimum atomic E-state index is -2.87. The van der Waals surface area contributed by atoms with Crippen LogP contribution in [0.15, 0.2) is 23.1 Å². The molecule has 0 spiro atoms. The number of hydrogen-bond donors (Lipinski definition) is 0. The molecule has 0 amide bonds. The molecule has 1 aromatic carbocycles. The summed E-state index contributed by atoms with van der Waals surface area (Å²) in [4.78, 5) is 9.50. The first-order valence-corrected chi connectivity index (χ1v) is 5.39. The molecule has 1 rings (SSSR count). The summed E-state index contributed by atoms with van der Waals surface area (Å²) in [6.45, 7) is 0. The van der Waals surface area contributed by atoms with Crippen LogP contribution < -0.4 is 0 Å². The Hall–Kier alpha value is -1.21. The number of nitrogens with zero attached hydrogens (tertiary/aromatic N) is 1. The van der Waals surface area contributed by atoms with E-state index < -0.39 is 33.8 Å². The van der Waals surface area contributed by atoms with E-state index >= 15 is 0 Å². The highest BCUT2D eigenvalue weighted by Gasteiger charge is 2.22. The van der Waals surface area contributed by atoms with E-state index in [0.29, 0.717) is 0 Å². The summed E-state index contributed by atoms with van der Waals surface area (Å²) in [5.74, 6) is 0. The zero-order valence-electron chi connectivity index (χ0n) is 7.65. The average molecular weight is 235 g/mol. The lowest BCUT2D eigenvalue weighted by Crippen LogP contribution is -2.04.